The second-order valence-corrected chi connectivity index (χ2v) is 4.70. The number of aryl methyl sites for hydroxylation is 1. The van der Waals surface area contributed by atoms with Gasteiger partial charge in [0.2, 0.25) is 0 Å². The van der Waals surface area contributed by atoms with Gasteiger partial charge in [-0.2, -0.15) is 0 Å². The number of benzene rings is 1. The van der Waals surface area contributed by atoms with Crippen LogP contribution in [0.15, 0.2) is 24.3 Å². The van der Waals surface area contributed by atoms with E-state index in [4.69, 9.17) is 0 Å². The van der Waals surface area contributed by atoms with Crippen LogP contribution in [-0.4, -0.2) is 23.8 Å². The summed E-state index contributed by atoms with van der Waals surface area (Å²) in [5.74, 6) is 0. The van der Waals surface area contributed by atoms with Gasteiger partial charge in [-0.15, -0.1) is 0 Å². The molecule has 1 aromatic carbocycles. The van der Waals surface area contributed by atoms with Crippen molar-refractivity contribution in [3.05, 3.63) is 35.4 Å². The third-order valence-corrected chi connectivity index (χ3v) is 3.10. The monoisotopic (exact) mass is 221 g/mol. The van der Waals surface area contributed by atoms with Gasteiger partial charge >= 0.3 is 0 Å². The van der Waals surface area contributed by atoms with E-state index in [1.54, 1.807) is 0 Å². The first-order chi connectivity index (χ1) is 7.55. The molecule has 0 spiro atoms. The lowest BCUT2D eigenvalue weighted by atomic mass is 10.0. The van der Waals surface area contributed by atoms with Gasteiger partial charge in [0.05, 0.1) is 5.60 Å². The van der Waals surface area contributed by atoms with Gasteiger partial charge in [-0.3, -0.25) is 0 Å². The molecule has 0 radical (unpaired) electrons. The SMILES string of the molecule is CCC(C)(O)CNCCc1ccccc1C. The highest BCUT2D eigenvalue weighted by Crippen LogP contribution is 2.08. The molecule has 1 aromatic rings. The minimum atomic E-state index is -0.578. The summed E-state index contributed by atoms with van der Waals surface area (Å²) < 4.78 is 0. The molecule has 0 aliphatic heterocycles. The molecule has 16 heavy (non-hydrogen) atoms. The molecule has 0 aliphatic carbocycles. The van der Waals surface area contributed by atoms with Crippen molar-refractivity contribution in [2.45, 2.75) is 39.2 Å². The average molecular weight is 221 g/mol. The highest BCUT2D eigenvalue weighted by molar-refractivity contribution is 5.25. The van der Waals surface area contributed by atoms with Crippen LogP contribution in [0.25, 0.3) is 0 Å². The van der Waals surface area contributed by atoms with Gasteiger partial charge in [0, 0.05) is 6.54 Å². The summed E-state index contributed by atoms with van der Waals surface area (Å²) >= 11 is 0. The highest BCUT2D eigenvalue weighted by Gasteiger charge is 2.15. The van der Waals surface area contributed by atoms with Gasteiger partial charge < -0.3 is 10.4 Å². The van der Waals surface area contributed by atoms with Gasteiger partial charge in [-0.1, -0.05) is 31.2 Å². The number of nitrogens with one attached hydrogen (secondary N) is 1. The van der Waals surface area contributed by atoms with E-state index >= 15 is 0 Å². The van der Waals surface area contributed by atoms with E-state index in [9.17, 15) is 5.11 Å². The Kier molecular flexibility index (Phi) is 4.97. The Hall–Kier alpha value is -0.860. The molecule has 90 valence electrons. The molecule has 2 heteroatoms. The molecule has 0 saturated heterocycles. The molecule has 0 amide bonds. The Morgan fingerprint density at radius 2 is 2.00 bits per heavy atom. The van der Waals surface area contributed by atoms with Gasteiger partial charge in [-0.25, -0.2) is 0 Å². The smallest absolute Gasteiger partial charge is 0.0740 e. The molecule has 0 saturated carbocycles. The van der Waals surface area contributed by atoms with Crippen LogP contribution in [0.5, 0.6) is 0 Å². The molecular weight excluding hydrogens is 198 g/mol. The summed E-state index contributed by atoms with van der Waals surface area (Å²) in [5.41, 5.74) is 2.14. The predicted octanol–water partition coefficient (Wildman–Crippen LogP) is 2.29. The summed E-state index contributed by atoms with van der Waals surface area (Å²) in [6, 6.07) is 8.44. The molecule has 0 heterocycles. The molecule has 1 atom stereocenters. The maximum atomic E-state index is 9.81. The molecule has 2 nitrogen and oxygen atoms in total. The fourth-order valence-corrected chi connectivity index (χ4v) is 1.60. The molecule has 2 N–H and O–H groups in total. The van der Waals surface area contributed by atoms with Crippen molar-refractivity contribution in [2.24, 2.45) is 0 Å². The normalized spacial score (nSPS) is 14.8. The summed E-state index contributed by atoms with van der Waals surface area (Å²) in [5, 5.41) is 13.1. The minimum Gasteiger partial charge on any atom is -0.389 e. The van der Waals surface area contributed by atoms with Crippen LogP contribution >= 0.6 is 0 Å². The molecule has 1 unspecified atom stereocenters. The zero-order valence-corrected chi connectivity index (χ0v) is 10.6. The number of hydrogen-bond donors (Lipinski definition) is 2. The largest absolute Gasteiger partial charge is 0.389 e. The Morgan fingerprint density at radius 3 is 2.62 bits per heavy atom. The van der Waals surface area contributed by atoms with Gasteiger partial charge in [0.15, 0.2) is 0 Å². The van der Waals surface area contributed by atoms with Crippen LogP contribution in [0.1, 0.15) is 31.4 Å². The second kappa shape index (κ2) is 6.02. The first-order valence-corrected chi connectivity index (χ1v) is 6.03. The maximum Gasteiger partial charge on any atom is 0.0740 e. The van der Waals surface area contributed by atoms with E-state index in [0.29, 0.717) is 6.54 Å². The van der Waals surface area contributed by atoms with E-state index in [-0.39, 0.29) is 0 Å². The molecule has 0 aromatic heterocycles. The Labute approximate surface area is 98.7 Å². The van der Waals surface area contributed by atoms with E-state index in [1.165, 1.54) is 11.1 Å². The van der Waals surface area contributed by atoms with Crippen LogP contribution in [0.2, 0.25) is 0 Å². The van der Waals surface area contributed by atoms with Crippen LogP contribution < -0.4 is 5.32 Å². The summed E-state index contributed by atoms with van der Waals surface area (Å²) in [7, 11) is 0. The van der Waals surface area contributed by atoms with Gasteiger partial charge in [0.1, 0.15) is 0 Å². The standard InChI is InChI=1S/C14H23NO/c1-4-14(3,16)11-15-10-9-13-8-6-5-7-12(13)2/h5-8,15-16H,4,9-11H2,1-3H3. The first kappa shape index (κ1) is 13.2. The van der Waals surface area contributed by atoms with Gasteiger partial charge in [-0.05, 0) is 44.4 Å². The lowest BCUT2D eigenvalue weighted by Gasteiger charge is -2.21. The zero-order chi connectivity index (χ0) is 12.0. The maximum absolute atomic E-state index is 9.81. The second-order valence-electron chi connectivity index (χ2n) is 4.70. The van der Waals surface area contributed by atoms with Crippen LogP contribution in [-0.2, 0) is 6.42 Å². The number of aliphatic hydroxyl groups is 1. The van der Waals surface area contributed by atoms with Crippen molar-refractivity contribution in [1.29, 1.82) is 0 Å². The van der Waals surface area contributed by atoms with Crippen LogP contribution in [0.4, 0.5) is 0 Å². The fourth-order valence-electron chi connectivity index (χ4n) is 1.60. The molecular formula is C14H23NO. The van der Waals surface area contributed by atoms with Crippen LogP contribution in [0.3, 0.4) is 0 Å². The number of hydrogen-bond acceptors (Lipinski definition) is 2. The third-order valence-electron chi connectivity index (χ3n) is 3.10. The fraction of sp³-hybridized carbons (Fsp3) is 0.571. The van der Waals surface area contributed by atoms with Crippen molar-refractivity contribution in [3.63, 3.8) is 0 Å². The molecule has 0 aliphatic rings. The topological polar surface area (TPSA) is 32.3 Å². The lowest BCUT2D eigenvalue weighted by molar-refractivity contribution is 0.0561. The van der Waals surface area contributed by atoms with Crippen molar-refractivity contribution in [2.75, 3.05) is 13.1 Å². The van der Waals surface area contributed by atoms with Crippen LogP contribution in [0, 0.1) is 6.92 Å². The summed E-state index contributed by atoms with van der Waals surface area (Å²) in [4.78, 5) is 0. The molecule has 0 fully saturated rings. The quantitative estimate of drug-likeness (QED) is 0.722. The predicted molar refractivity (Wildman–Crippen MR) is 68.7 cm³/mol. The van der Waals surface area contributed by atoms with E-state index in [1.807, 2.05) is 13.8 Å². The van der Waals surface area contributed by atoms with Crippen molar-refractivity contribution >= 4 is 0 Å². The summed E-state index contributed by atoms with van der Waals surface area (Å²) in [6.07, 6.45) is 1.80. The lowest BCUT2D eigenvalue weighted by Crippen LogP contribution is -2.37. The van der Waals surface area contributed by atoms with Gasteiger partial charge in [0.25, 0.3) is 0 Å². The van der Waals surface area contributed by atoms with Crippen molar-refractivity contribution in [1.82, 2.24) is 5.32 Å². The number of rotatable bonds is 6. The van der Waals surface area contributed by atoms with E-state index in [0.717, 1.165) is 19.4 Å². The zero-order valence-electron chi connectivity index (χ0n) is 10.6. The van der Waals surface area contributed by atoms with E-state index in [2.05, 4.69) is 36.5 Å². The van der Waals surface area contributed by atoms with Crippen molar-refractivity contribution in [3.8, 4) is 0 Å². The first-order valence-electron chi connectivity index (χ1n) is 6.03. The molecule has 1 rings (SSSR count). The minimum absolute atomic E-state index is 0.578. The molecule has 0 bridgehead atoms. The Morgan fingerprint density at radius 1 is 1.31 bits per heavy atom. The Bertz CT molecular complexity index is 320. The average Bonchev–Trinajstić information content (AvgIpc) is 2.27. The van der Waals surface area contributed by atoms with E-state index < -0.39 is 5.60 Å². The highest BCUT2D eigenvalue weighted by atomic mass is 16.3. The summed E-state index contributed by atoms with van der Waals surface area (Å²) in [6.45, 7) is 7.59. The Balaban J connectivity index is 2.29. The third kappa shape index (κ3) is 4.33. The van der Waals surface area contributed by atoms with Crippen molar-refractivity contribution < 1.29 is 5.11 Å².